The number of carbonyl (C=O) groups is 1. The molecule has 0 aliphatic heterocycles. The van der Waals surface area contributed by atoms with Crippen molar-refractivity contribution in [3.63, 3.8) is 0 Å². The predicted molar refractivity (Wildman–Crippen MR) is 52.1 cm³/mol. The van der Waals surface area contributed by atoms with Crippen LogP contribution in [0.2, 0.25) is 0 Å². The maximum absolute atomic E-state index is 12.7. The molecule has 0 N–H and O–H groups in total. The maximum atomic E-state index is 12.7. The van der Waals surface area contributed by atoms with Gasteiger partial charge in [-0.05, 0) is 0 Å². The average Bonchev–Trinajstić information content (AvgIpc) is 2.34. The van der Waals surface area contributed by atoms with Crippen LogP contribution >= 0.6 is 0 Å². The Labute approximate surface area is 104 Å². The van der Waals surface area contributed by atoms with E-state index in [-0.39, 0.29) is 0 Å². The first-order valence-corrected chi connectivity index (χ1v) is 4.75. The third-order valence-corrected chi connectivity index (χ3v) is 2.12. The summed E-state index contributed by atoms with van der Waals surface area (Å²) in [5, 5.41) is 0. The smallest absolute Gasteiger partial charge is 0.433 e. The van der Waals surface area contributed by atoms with Gasteiger partial charge in [0.1, 0.15) is 5.75 Å². The summed E-state index contributed by atoms with van der Waals surface area (Å²) in [6, 6.07) is 0.669. The van der Waals surface area contributed by atoms with Crippen LogP contribution in [-0.2, 0) is 10.9 Å². The SMILES string of the molecule is COC(=O)c1cc(OC)c(C(F)F)c(C(F)(F)F)n1. The van der Waals surface area contributed by atoms with Gasteiger partial charge in [0.25, 0.3) is 6.43 Å². The Morgan fingerprint density at radius 3 is 2.26 bits per heavy atom. The van der Waals surface area contributed by atoms with E-state index in [1.165, 1.54) is 0 Å². The molecule has 0 spiro atoms. The lowest BCUT2D eigenvalue weighted by Crippen LogP contribution is -2.17. The van der Waals surface area contributed by atoms with Gasteiger partial charge in [-0.2, -0.15) is 13.2 Å². The van der Waals surface area contributed by atoms with E-state index < -0.39 is 41.3 Å². The molecule has 1 aromatic rings. The minimum absolute atomic E-state index is 0.669. The molecule has 1 rings (SSSR count). The lowest BCUT2D eigenvalue weighted by Gasteiger charge is -2.15. The molecule has 0 aliphatic carbocycles. The second-order valence-electron chi connectivity index (χ2n) is 3.26. The highest BCUT2D eigenvalue weighted by Crippen LogP contribution is 2.40. The van der Waals surface area contributed by atoms with E-state index in [1.54, 1.807) is 0 Å². The molecule has 19 heavy (non-hydrogen) atoms. The number of esters is 1. The van der Waals surface area contributed by atoms with Gasteiger partial charge < -0.3 is 9.47 Å². The summed E-state index contributed by atoms with van der Waals surface area (Å²) in [6.07, 6.45) is -8.60. The molecular formula is C10H8F5NO3. The largest absolute Gasteiger partial charge is 0.496 e. The number of aromatic nitrogens is 1. The summed E-state index contributed by atoms with van der Waals surface area (Å²) in [5.41, 5.74) is -4.05. The van der Waals surface area contributed by atoms with E-state index in [1.807, 2.05) is 0 Å². The minimum atomic E-state index is -5.15. The van der Waals surface area contributed by atoms with Gasteiger partial charge in [-0.25, -0.2) is 18.6 Å². The average molecular weight is 285 g/mol. The number of hydrogen-bond donors (Lipinski definition) is 0. The van der Waals surface area contributed by atoms with Crippen molar-refractivity contribution in [2.45, 2.75) is 12.6 Å². The number of alkyl halides is 5. The van der Waals surface area contributed by atoms with Gasteiger partial charge in [-0.1, -0.05) is 0 Å². The van der Waals surface area contributed by atoms with Crippen molar-refractivity contribution in [1.82, 2.24) is 4.98 Å². The number of hydrogen-bond acceptors (Lipinski definition) is 4. The van der Waals surface area contributed by atoms with E-state index in [0.29, 0.717) is 6.07 Å². The highest BCUT2D eigenvalue weighted by Gasteiger charge is 2.40. The molecule has 0 atom stereocenters. The molecule has 1 heterocycles. The first-order valence-electron chi connectivity index (χ1n) is 4.75. The molecule has 0 aromatic carbocycles. The molecule has 0 fully saturated rings. The van der Waals surface area contributed by atoms with Crippen LogP contribution in [0.4, 0.5) is 22.0 Å². The number of rotatable bonds is 3. The molecule has 0 bridgehead atoms. The van der Waals surface area contributed by atoms with Crippen molar-refractivity contribution >= 4 is 5.97 Å². The van der Waals surface area contributed by atoms with Crippen LogP contribution in [-0.4, -0.2) is 25.2 Å². The third-order valence-electron chi connectivity index (χ3n) is 2.12. The van der Waals surface area contributed by atoms with E-state index in [2.05, 4.69) is 14.5 Å². The summed E-state index contributed by atoms with van der Waals surface area (Å²) >= 11 is 0. The second-order valence-corrected chi connectivity index (χ2v) is 3.26. The van der Waals surface area contributed by atoms with Crippen LogP contribution in [0.1, 0.15) is 28.2 Å². The van der Waals surface area contributed by atoms with Crippen molar-refractivity contribution in [2.24, 2.45) is 0 Å². The fourth-order valence-electron chi connectivity index (χ4n) is 1.34. The third kappa shape index (κ3) is 3.09. The van der Waals surface area contributed by atoms with Crippen LogP contribution in [0.3, 0.4) is 0 Å². The van der Waals surface area contributed by atoms with Gasteiger partial charge >= 0.3 is 12.1 Å². The Morgan fingerprint density at radius 1 is 1.32 bits per heavy atom. The Bertz CT molecular complexity index is 487. The lowest BCUT2D eigenvalue weighted by molar-refractivity contribution is -0.143. The van der Waals surface area contributed by atoms with Gasteiger partial charge in [0.2, 0.25) is 0 Å². The molecule has 9 heteroatoms. The molecular weight excluding hydrogens is 277 g/mol. The topological polar surface area (TPSA) is 48.4 Å². The highest BCUT2D eigenvalue weighted by atomic mass is 19.4. The van der Waals surface area contributed by atoms with Crippen molar-refractivity contribution in [3.05, 3.63) is 23.0 Å². The van der Waals surface area contributed by atoms with Gasteiger partial charge in [-0.3, -0.25) is 0 Å². The van der Waals surface area contributed by atoms with Crippen LogP contribution in [0.5, 0.6) is 5.75 Å². The Hall–Kier alpha value is -1.93. The molecule has 0 aliphatic rings. The van der Waals surface area contributed by atoms with Gasteiger partial charge in [-0.15, -0.1) is 0 Å². The summed E-state index contributed by atoms with van der Waals surface area (Å²) in [5.74, 6) is -1.97. The number of halogens is 5. The molecule has 0 radical (unpaired) electrons. The summed E-state index contributed by atoms with van der Waals surface area (Å²) in [7, 11) is 1.83. The zero-order valence-corrected chi connectivity index (χ0v) is 9.72. The van der Waals surface area contributed by atoms with Crippen molar-refractivity contribution in [1.29, 1.82) is 0 Å². The monoisotopic (exact) mass is 285 g/mol. The summed E-state index contributed by atoms with van der Waals surface area (Å²) in [6.45, 7) is 0. The summed E-state index contributed by atoms with van der Waals surface area (Å²) < 4.78 is 72.0. The van der Waals surface area contributed by atoms with E-state index in [0.717, 1.165) is 14.2 Å². The van der Waals surface area contributed by atoms with Gasteiger partial charge in [0.15, 0.2) is 11.4 Å². The van der Waals surface area contributed by atoms with Crippen LogP contribution in [0.25, 0.3) is 0 Å². The van der Waals surface area contributed by atoms with Crippen molar-refractivity contribution < 1.29 is 36.2 Å². The van der Waals surface area contributed by atoms with E-state index in [4.69, 9.17) is 0 Å². The molecule has 0 amide bonds. The normalized spacial score (nSPS) is 11.6. The predicted octanol–water partition coefficient (Wildman–Crippen LogP) is 2.83. The fourth-order valence-corrected chi connectivity index (χ4v) is 1.34. The number of pyridine rings is 1. The minimum Gasteiger partial charge on any atom is -0.496 e. The Balaban J connectivity index is 3.59. The Morgan fingerprint density at radius 2 is 1.89 bits per heavy atom. The lowest BCUT2D eigenvalue weighted by atomic mass is 10.1. The molecule has 4 nitrogen and oxygen atoms in total. The molecule has 0 saturated carbocycles. The number of nitrogens with zero attached hydrogens (tertiary/aromatic N) is 1. The number of methoxy groups -OCH3 is 2. The molecule has 1 aromatic heterocycles. The van der Waals surface area contributed by atoms with Crippen LogP contribution < -0.4 is 4.74 Å². The zero-order chi connectivity index (χ0) is 14.8. The molecule has 106 valence electrons. The standard InChI is InChI=1S/C10H8F5NO3/c1-18-5-3-4(9(17)19-2)16-7(10(13,14)15)6(5)8(11)12/h3,8H,1-2H3. The molecule has 0 unspecified atom stereocenters. The van der Waals surface area contributed by atoms with Crippen LogP contribution in [0.15, 0.2) is 6.07 Å². The van der Waals surface area contributed by atoms with E-state index >= 15 is 0 Å². The van der Waals surface area contributed by atoms with Gasteiger partial charge in [0, 0.05) is 6.07 Å². The Kier molecular flexibility index (Phi) is 4.28. The maximum Gasteiger partial charge on any atom is 0.433 e. The van der Waals surface area contributed by atoms with Crippen LogP contribution in [0, 0.1) is 0 Å². The summed E-state index contributed by atoms with van der Waals surface area (Å²) in [4.78, 5) is 14.0. The second kappa shape index (κ2) is 5.37. The zero-order valence-electron chi connectivity index (χ0n) is 9.72. The molecule has 0 saturated heterocycles. The van der Waals surface area contributed by atoms with Gasteiger partial charge in [0.05, 0.1) is 19.8 Å². The first kappa shape index (κ1) is 15.1. The quantitative estimate of drug-likeness (QED) is 0.633. The van der Waals surface area contributed by atoms with Crippen molar-refractivity contribution in [2.75, 3.05) is 14.2 Å². The fraction of sp³-hybridized carbons (Fsp3) is 0.400. The number of ether oxygens (including phenoxy) is 2. The first-order chi connectivity index (χ1) is 8.72. The number of carbonyl (C=O) groups excluding carboxylic acids is 1. The van der Waals surface area contributed by atoms with Crippen molar-refractivity contribution in [3.8, 4) is 5.75 Å². The van der Waals surface area contributed by atoms with E-state index in [9.17, 15) is 26.7 Å². The highest BCUT2D eigenvalue weighted by molar-refractivity contribution is 5.87.